The summed E-state index contributed by atoms with van der Waals surface area (Å²) < 4.78 is 56.9. The van der Waals surface area contributed by atoms with E-state index in [1.807, 2.05) is 0 Å². The number of carbonyl (C=O) groups is 1. The summed E-state index contributed by atoms with van der Waals surface area (Å²) in [5.41, 5.74) is 6.76. The van der Waals surface area contributed by atoms with Crippen molar-refractivity contribution < 1.29 is 32.1 Å². The number of ether oxygens (including phenoxy) is 2. The van der Waals surface area contributed by atoms with Crippen LogP contribution in [0.3, 0.4) is 0 Å². The second kappa shape index (κ2) is 12.9. The number of para-hydroxylation sites is 1. The molecule has 0 spiro atoms. The van der Waals surface area contributed by atoms with Crippen LogP contribution in [0.5, 0.6) is 5.75 Å². The first-order valence-corrected chi connectivity index (χ1v) is 13.2. The summed E-state index contributed by atoms with van der Waals surface area (Å²) >= 11 is 0. The molecule has 2 heterocycles. The number of carbonyl (C=O) groups excluding carboxylic acids is 1. The molecular formula is C22H30F2N7O5P. The van der Waals surface area contributed by atoms with Gasteiger partial charge in [0, 0.05) is 6.04 Å². The zero-order chi connectivity index (χ0) is 27.0. The number of imidazole rings is 1. The number of nitrogen functional groups attached to an aromatic ring is 1. The van der Waals surface area contributed by atoms with E-state index in [2.05, 4.69) is 30.1 Å². The van der Waals surface area contributed by atoms with Crippen LogP contribution in [0.15, 0.2) is 43.0 Å². The third kappa shape index (κ3) is 8.42. The number of hydrogen-bond acceptors (Lipinski definition) is 9. The molecule has 0 saturated carbocycles. The first kappa shape index (κ1) is 28.4. The molecule has 3 rings (SSSR count). The number of amides is 1. The number of rotatable bonds is 14. The van der Waals surface area contributed by atoms with Gasteiger partial charge in [0.05, 0.1) is 25.6 Å². The molecule has 3 atom stereocenters. The highest BCUT2D eigenvalue weighted by Crippen LogP contribution is 2.44. The molecule has 15 heteroatoms. The fourth-order valence-corrected chi connectivity index (χ4v) is 5.05. The Hall–Kier alpha value is -3.19. The Bertz CT molecular complexity index is 1210. The van der Waals surface area contributed by atoms with Crippen molar-refractivity contribution in [1.29, 1.82) is 0 Å². The standard InChI is InChI=1S/C22H30F2N7O5P/c1-14(2)29-21(32)17(10-34-22(23)24)30-37(33,36-16-7-5-4-6-8-16)13-35-15(3)9-31-12-28-18-19(25)26-11-27-20(18)31/h4-8,11-12,14-15,17,22H,9-10,13H2,1-3H3,(H,29,32)(H,30,33)(H2,25,26,27)/t15-,17+,37?/m1/s1. The molecule has 1 aromatic carbocycles. The highest BCUT2D eigenvalue weighted by molar-refractivity contribution is 7.57. The van der Waals surface area contributed by atoms with Crippen LogP contribution in [-0.4, -0.2) is 63.2 Å². The Morgan fingerprint density at radius 2 is 1.86 bits per heavy atom. The summed E-state index contributed by atoms with van der Waals surface area (Å²) in [6, 6.07) is 6.52. The maximum absolute atomic E-state index is 13.9. The van der Waals surface area contributed by atoms with Crippen molar-refractivity contribution in [2.24, 2.45) is 0 Å². The largest absolute Gasteiger partial charge is 0.431 e. The SMILES string of the molecule is CC(C)NC(=O)[C@H](COC(F)F)NP(=O)(CO[C@H](C)Cn1cnc2c(N)ncnc21)Oc1ccccc1. The number of halogens is 2. The minimum Gasteiger partial charge on any atom is -0.431 e. The zero-order valence-electron chi connectivity index (χ0n) is 20.6. The highest BCUT2D eigenvalue weighted by Gasteiger charge is 2.34. The predicted octanol–water partition coefficient (Wildman–Crippen LogP) is 2.77. The monoisotopic (exact) mass is 541 g/mol. The van der Waals surface area contributed by atoms with E-state index < -0.39 is 45.1 Å². The first-order chi connectivity index (χ1) is 17.6. The quantitative estimate of drug-likeness (QED) is 0.259. The van der Waals surface area contributed by atoms with Gasteiger partial charge in [-0.15, -0.1) is 0 Å². The molecule has 3 aromatic rings. The van der Waals surface area contributed by atoms with Gasteiger partial charge in [-0.3, -0.25) is 9.36 Å². The number of nitrogens with zero attached hydrogens (tertiary/aromatic N) is 4. The van der Waals surface area contributed by atoms with E-state index in [0.717, 1.165) is 0 Å². The number of nitrogens with two attached hydrogens (primary N) is 1. The average Bonchev–Trinajstić information content (AvgIpc) is 3.24. The fourth-order valence-electron chi connectivity index (χ4n) is 3.29. The Morgan fingerprint density at radius 3 is 2.54 bits per heavy atom. The van der Waals surface area contributed by atoms with Crippen molar-refractivity contribution in [2.75, 3.05) is 18.7 Å². The molecule has 0 fully saturated rings. The average molecular weight is 541 g/mol. The number of alkyl halides is 2. The van der Waals surface area contributed by atoms with Gasteiger partial charge in [-0.1, -0.05) is 18.2 Å². The van der Waals surface area contributed by atoms with E-state index in [9.17, 15) is 18.1 Å². The predicted molar refractivity (Wildman–Crippen MR) is 132 cm³/mol. The molecule has 4 N–H and O–H groups in total. The van der Waals surface area contributed by atoms with Crippen molar-refractivity contribution in [3.05, 3.63) is 43.0 Å². The van der Waals surface area contributed by atoms with Crippen LogP contribution in [-0.2, 0) is 25.4 Å². The lowest BCUT2D eigenvalue weighted by atomic mass is 10.3. The molecule has 0 radical (unpaired) electrons. The van der Waals surface area contributed by atoms with Gasteiger partial charge in [0.15, 0.2) is 11.5 Å². The van der Waals surface area contributed by atoms with Crippen molar-refractivity contribution in [3.63, 3.8) is 0 Å². The van der Waals surface area contributed by atoms with Crippen LogP contribution in [0.25, 0.3) is 11.2 Å². The number of nitrogens with one attached hydrogen (secondary N) is 2. The van der Waals surface area contributed by atoms with Crippen molar-refractivity contribution in [1.82, 2.24) is 29.9 Å². The molecule has 12 nitrogen and oxygen atoms in total. The Balaban J connectivity index is 1.76. The van der Waals surface area contributed by atoms with Crippen molar-refractivity contribution in [3.8, 4) is 5.75 Å². The summed E-state index contributed by atoms with van der Waals surface area (Å²) in [4.78, 5) is 24.9. The number of aromatic nitrogens is 4. The molecule has 202 valence electrons. The van der Waals surface area contributed by atoms with E-state index in [1.165, 1.54) is 12.7 Å². The van der Waals surface area contributed by atoms with Gasteiger partial charge in [0.1, 0.15) is 30.0 Å². The zero-order valence-corrected chi connectivity index (χ0v) is 21.5. The molecular weight excluding hydrogens is 511 g/mol. The second-order valence-corrected chi connectivity index (χ2v) is 10.5. The minimum absolute atomic E-state index is 0.235. The number of fused-ring (bicyclic) bond motifs is 1. The van der Waals surface area contributed by atoms with E-state index in [1.54, 1.807) is 55.7 Å². The summed E-state index contributed by atoms with van der Waals surface area (Å²) in [6.45, 7) is 1.54. The Morgan fingerprint density at radius 1 is 1.14 bits per heavy atom. The molecule has 0 bridgehead atoms. The maximum Gasteiger partial charge on any atom is 0.345 e. The third-order valence-corrected chi connectivity index (χ3v) is 6.60. The van der Waals surface area contributed by atoms with E-state index in [0.29, 0.717) is 11.2 Å². The normalized spacial score (nSPS) is 15.0. The van der Waals surface area contributed by atoms with E-state index in [4.69, 9.17) is 15.0 Å². The Labute approximate surface area is 212 Å². The number of hydrogen-bond donors (Lipinski definition) is 3. The van der Waals surface area contributed by atoms with Crippen LogP contribution >= 0.6 is 7.52 Å². The molecule has 1 unspecified atom stereocenters. The van der Waals surface area contributed by atoms with Crippen LogP contribution in [0, 0.1) is 0 Å². The smallest absolute Gasteiger partial charge is 0.345 e. The minimum atomic E-state index is -3.98. The van der Waals surface area contributed by atoms with Crippen LogP contribution < -0.4 is 20.7 Å². The van der Waals surface area contributed by atoms with Gasteiger partial charge < -0.3 is 29.6 Å². The summed E-state index contributed by atoms with van der Waals surface area (Å²) in [5.74, 6) is -0.207. The molecule has 0 aliphatic rings. The highest BCUT2D eigenvalue weighted by atomic mass is 31.2. The summed E-state index contributed by atoms with van der Waals surface area (Å²) in [5, 5.41) is 5.17. The number of benzene rings is 1. The Kier molecular flexibility index (Phi) is 9.86. The van der Waals surface area contributed by atoms with Gasteiger partial charge in [-0.25, -0.2) is 20.0 Å². The molecule has 2 aromatic heterocycles. The summed E-state index contributed by atoms with van der Waals surface area (Å²) in [7, 11) is -3.98. The molecule has 0 aliphatic carbocycles. The lowest BCUT2D eigenvalue weighted by Crippen LogP contribution is -2.49. The van der Waals surface area contributed by atoms with E-state index >= 15 is 0 Å². The topological polar surface area (TPSA) is 156 Å². The third-order valence-electron chi connectivity index (χ3n) is 4.90. The van der Waals surface area contributed by atoms with Crippen LogP contribution in [0.2, 0.25) is 0 Å². The number of anilines is 1. The first-order valence-electron chi connectivity index (χ1n) is 11.4. The lowest BCUT2D eigenvalue weighted by Gasteiger charge is -2.27. The van der Waals surface area contributed by atoms with Gasteiger partial charge in [0.25, 0.3) is 0 Å². The molecule has 37 heavy (non-hydrogen) atoms. The van der Waals surface area contributed by atoms with Crippen molar-refractivity contribution >= 4 is 30.4 Å². The van der Waals surface area contributed by atoms with Gasteiger partial charge in [-0.2, -0.15) is 8.78 Å². The van der Waals surface area contributed by atoms with Gasteiger partial charge in [0.2, 0.25) is 5.91 Å². The van der Waals surface area contributed by atoms with Crippen LogP contribution in [0.4, 0.5) is 14.6 Å². The molecule has 1 amide bonds. The molecule has 0 saturated heterocycles. The maximum atomic E-state index is 13.9. The van der Waals surface area contributed by atoms with Crippen molar-refractivity contribution in [2.45, 2.75) is 52.1 Å². The van der Waals surface area contributed by atoms with Gasteiger partial charge in [-0.05, 0) is 32.9 Å². The van der Waals surface area contributed by atoms with Crippen LogP contribution in [0.1, 0.15) is 20.8 Å². The van der Waals surface area contributed by atoms with Gasteiger partial charge >= 0.3 is 14.1 Å². The molecule has 0 aliphatic heterocycles. The fraction of sp³-hybridized carbons (Fsp3) is 0.455. The summed E-state index contributed by atoms with van der Waals surface area (Å²) in [6.07, 6.45) is 1.84. The lowest BCUT2D eigenvalue weighted by molar-refractivity contribution is -0.143. The second-order valence-electron chi connectivity index (χ2n) is 8.45. The van der Waals surface area contributed by atoms with E-state index in [-0.39, 0.29) is 24.2 Å².